The van der Waals surface area contributed by atoms with E-state index < -0.39 is 0 Å². The van der Waals surface area contributed by atoms with Crippen molar-refractivity contribution in [3.05, 3.63) is 0 Å². The number of carbonyl (C=O) groups is 1. The van der Waals surface area contributed by atoms with Crippen LogP contribution in [0, 0.1) is 0 Å². The van der Waals surface area contributed by atoms with Gasteiger partial charge in [-0.2, -0.15) is 0 Å². The van der Waals surface area contributed by atoms with Crippen LogP contribution in [0.3, 0.4) is 0 Å². The molecular formula is C9H20NOP. The molecule has 1 atom stereocenters. The number of nitrogens with zero attached hydrogens (tertiary/aromatic N) is 1. The quantitative estimate of drug-likeness (QED) is 0.590. The SMILES string of the molecule is CCC(C)=O.PN1CCCCC1. The van der Waals surface area contributed by atoms with Gasteiger partial charge in [0, 0.05) is 19.5 Å². The molecule has 2 nitrogen and oxygen atoms in total. The van der Waals surface area contributed by atoms with E-state index in [1.165, 1.54) is 32.4 Å². The number of rotatable bonds is 1. The first-order chi connectivity index (χ1) is 5.66. The minimum Gasteiger partial charge on any atom is -0.300 e. The zero-order chi connectivity index (χ0) is 9.40. The Labute approximate surface area is 78.0 Å². The van der Waals surface area contributed by atoms with E-state index in [9.17, 15) is 4.79 Å². The molecule has 0 aromatic carbocycles. The maximum Gasteiger partial charge on any atom is 0.129 e. The van der Waals surface area contributed by atoms with Gasteiger partial charge in [0.1, 0.15) is 5.78 Å². The molecule has 0 amide bonds. The molecule has 0 spiro atoms. The summed E-state index contributed by atoms with van der Waals surface area (Å²) in [4.78, 5) is 9.81. The van der Waals surface area contributed by atoms with Crippen molar-refractivity contribution >= 4 is 15.2 Å². The van der Waals surface area contributed by atoms with Crippen LogP contribution in [0.2, 0.25) is 0 Å². The van der Waals surface area contributed by atoms with Crippen LogP contribution >= 0.6 is 9.39 Å². The molecule has 3 heteroatoms. The maximum atomic E-state index is 9.81. The van der Waals surface area contributed by atoms with E-state index in [0.29, 0.717) is 6.42 Å². The van der Waals surface area contributed by atoms with E-state index in [2.05, 4.69) is 14.1 Å². The second kappa shape index (κ2) is 7.70. The van der Waals surface area contributed by atoms with Gasteiger partial charge in [-0.25, -0.2) is 0 Å². The third kappa shape index (κ3) is 8.16. The van der Waals surface area contributed by atoms with Crippen molar-refractivity contribution in [3.63, 3.8) is 0 Å². The van der Waals surface area contributed by atoms with E-state index in [1.54, 1.807) is 6.92 Å². The van der Waals surface area contributed by atoms with Gasteiger partial charge in [0.15, 0.2) is 0 Å². The zero-order valence-corrected chi connectivity index (χ0v) is 9.33. The van der Waals surface area contributed by atoms with E-state index in [4.69, 9.17) is 0 Å². The van der Waals surface area contributed by atoms with Crippen LogP contribution in [-0.2, 0) is 4.79 Å². The minimum atomic E-state index is 0.255. The van der Waals surface area contributed by atoms with Gasteiger partial charge in [-0.15, -0.1) is 0 Å². The smallest absolute Gasteiger partial charge is 0.129 e. The van der Waals surface area contributed by atoms with Crippen molar-refractivity contribution in [1.29, 1.82) is 0 Å². The summed E-state index contributed by atoms with van der Waals surface area (Å²) in [5.74, 6) is 0.255. The van der Waals surface area contributed by atoms with Gasteiger partial charge in [-0.3, -0.25) is 4.67 Å². The molecule has 0 aliphatic carbocycles. The summed E-state index contributed by atoms with van der Waals surface area (Å²) in [5, 5.41) is 0. The van der Waals surface area contributed by atoms with Crippen LogP contribution in [0.15, 0.2) is 0 Å². The second-order valence-electron chi connectivity index (χ2n) is 3.15. The maximum absolute atomic E-state index is 9.81. The van der Waals surface area contributed by atoms with Crippen LogP contribution < -0.4 is 0 Å². The summed E-state index contributed by atoms with van der Waals surface area (Å²) in [5.41, 5.74) is 0. The zero-order valence-electron chi connectivity index (χ0n) is 8.18. The molecule has 0 N–H and O–H groups in total. The van der Waals surface area contributed by atoms with Crippen molar-refractivity contribution in [2.75, 3.05) is 13.1 Å². The second-order valence-corrected chi connectivity index (χ2v) is 3.88. The Bertz CT molecular complexity index is 122. The molecule has 0 radical (unpaired) electrons. The highest BCUT2D eigenvalue weighted by atomic mass is 31.0. The Morgan fingerprint density at radius 2 is 1.75 bits per heavy atom. The van der Waals surface area contributed by atoms with Gasteiger partial charge in [-0.05, 0) is 19.8 Å². The van der Waals surface area contributed by atoms with Crippen LogP contribution in [0.25, 0.3) is 0 Å². The van der Waals surface area contributed by atoms with Crippen LogP contribution in [0.4, 0.5) is 0 Å². The summed E-state index contributed by atoms with van der Waals surface area (Å²) < 4.78 is 2.31. The molecule has 0 aromatic rings. The highest BCUT2D eigenvalue weighted by molar-refractivity contribution is 7.13. The molecule has 1 rings (SSSR count). The number of hydrogen-bond acceptors (Lipinski definition) is 2. The van der Waals surface area contributed by atoms with Crippen molar-refractivity contribution < 1.29 is 4.79 Å². The third-order valence-electron chi connectivity index (χ3n) is 1.89. The predicted octanol–water partition coefficient (Wildman–Crippen LogP) is 2.25. The molecule has 0 aromatic heterocycles. The fourth-order valence-corrected chi connectivity index (χ4v) is 1.28. The summed E-state index contributed by atoms with van der Waals surface area (Å²) in [6, 6.07) is 0. The Morgan fingerprint density at radius 3 is 1.92 bits per heavy atom. The van der Waals surface area contributed by atoms with E-state index in [-0.39, 0.29) is 5.78 Å². The van der Waals surface area contributed by atoms with Crippen molar-refractivity contribution in [2.45, 2.75) is 39.5 Å². The predicted molar refractivity (Wildman–Crippen MR) is 56.1 cm³/mol. The number of hydrogen-bond donors (Lipinski definition) is 0. The highest BCUT2D eigenvalue weighted by Gasteiger charge is 2.02. The first-order valence-corrected chi connectivity index (χ1v) is 5.17. The van der Waals surface area contributed by atoms with Gasteiger partial charge < -0.3 is 4.79 Å². The van der Waals surface area contributed by atoms with Crippen LogP contribution in [-0.4, -0.2) is 23.5 Å². The normalized spacial score (nSPS) is 17.9. The highest BCUT2D eigenvalue weighted by Crippen LogP contribution is 2.11. The average molecular weight is 189 g/mol. The molecule has 1 fully saturated rings. The van der Waals surface area contributed by atoms with Crippen LogP contribution in [0.1, 0.15) is 39.5 Å². The largest absolute Gasteiger partial charge is 0.300 e. The lowest BCUT2D eigenvalue weighted by molar-refractivity contribution is -0.116. The average Bonchev–Trinajstić information content (AvgIpc) is 2.07. The standard InChI is InChI=1S/C5H12NP.C4H8O/c7-6-4-2-1-3-5-6;1-3-4(2)5/h1-5,7H2;3H2,1-2H3. The van der Waals surface area contributed by atoms with E-state index in [1.807, 2.05) is 6.92 Å². The van der Waals surface area contributed by atoms with Gasteiger partial charge in [-0.1, -0.05) is 22.7 Å². The fraction of sp³-hybridized carbons (Fsp3) is 0.889. The number of piperidine rings is 1. The summed E-state index contributed by atoms with van der Waals surface area (Å²) in [6.07, 6.45) is 4.89. The Hall–Kier alpha value is 0.0600. The Kier molecular flexibility index (Phi) is 7.73. The molecule has 0 saturated carbocycles. The summed E-state index contributed by atoms with van der Waals surface area (Å²) in [6.45, 7) is 6.00. The molecule has 1 heterocycles. The molecule has 1 saturated heterocycles. The lowest BCUT2D eigenvalue weighted by atomic mass is 10.2. The molecule has 72 valence electrons. The van der Waals surface area contributed by atoms with Crippen LogP contribution in [0.5, 0.6) is 0 Å². The number of carbonyl (C=O) groups excluding carboxylic acids is 1. The monoisotopic (exact) mass is 189 g/mol. The molecule has 1 unspecified atom stereocenters. The lowest BCUT2D eigenvalue weighted by Gasteiger charge is -2.20. The lowest BCUT2D eigenvalue weighted by Crippen LogP contribution is -2.18. The molecular weight excluding hydrogens is 169 g/mol. The number of ketones is 1. The molecule has 1 aliphatic heterocycles. The first-order valence-electron chi connectivity index (χ1n) is 4.66. The van der Waals surface area contributed by atoms with E-state index in [0.717, 1.165) is 0 Å². The third-order valence-corrected chi connectivity index (χ3v) is 2.40. The van der Waals surface area contributed by atoms with Crippen molar-refractivity contribution in [3.8, 4) is 0 Å². The Balaban J connectivity index is 0.000000217. The van der Waals surface area contributed by atoms with Gasteiger partial charge >= 0.3 is 0 Å². The summed E-state index contributed by atoms with van der Waals surface area (Å²) in [7, 11) is 2.74. The Morgan fingerprint density at radius 1 is 1.33 bits per heavy atom. The number of Topliss-reactive ketones (excluding diaryl/α,β-unsaturated/α-hetero) is 1. The van der Waals surface area contributed by atoms with E-state index >= 15 is 0 Å². The minimum absolute atomic E-state index is 0.255. The van der Waals surface area contributed by atoms with Crippen molar-refractivity contribution in [1.82, 2.24) is 4.67 Å². The van der Waals surface area contributed by atoms with Gasteiger partial charge in [0.2, 0.25) is 0 Å². The first kappa shape index (κ1) is 12.1. The fourth-order valence-electron chi connectivity index (χ4n) is 0.918. The summed E-state index contributed by atoms with van der Waals surface area (Å²) >= 11 is 0. The molecule has 0 bridgehead atoms. The molecule has 12 heavy (non-hydrogen) atoms. The molecule has 1 aliphatic rings. The van der Waals surface area contributed by atoms with Gasteiger partial charge in [0.25, 0.3) is 0 Å². The van der Waals surface area contributed by atoms with Crippen molar-refractivity contribution in [2.24, 2.45) is 0 Å². The van der Waals surface area contributed by atoms with Gasteiger partial charge in [0.05, 0.1) is 0 Å². The topological polar surface area (TPSA) is 20.3 Å².